The van der Waals surface area contributed by atoms with Crippen molar-refractivity contribution in [3.8, 4) is 0 Å². The molecule has 3 unspecified atom stereocenters. The molecule has 0 aromatic heterocycles. The number of carbonyl (C=O) groups excluding carboxylic acids is 1. The smallest absolute Gasteiger partial charge is 0.330 e. The van der Waals surface area contributed by atoms with Gasteiger partial charge in [-0.3, -0.25) is 0 Å². The van der Waals surface area contributed by atoms with Gasteiger partial charge in [0.2, 0.25) is 0 Å². The number of ether oxygens (including phenoxy) is 1. The maximum atomic E-state index is 10.9. The molecule has 0 amide bonds. The molecule has 1 aliphatic rings. The second-order valence-corrected chi connectivity index (χ2v) is 3.35. The third-order valence-corrected chi connectivity index (χ3v) is 2.38. The molecule has 1 saturated carbocycles. The van der Waals surface area contributed by atoms with E-state index in [4.69, 9.17) is 16.2 Å². The molecule has 1 rings (SSSR count). The lowest BCUT2D eigenvalue weighted by Crippen LogP contribution is -2.53. The molecule has 0 bridgehead atoms. The Bertz CT molecular complexity index is 206. The summed E-state index contributed by atoms with van der Waals surface area (Å²) in [5.74, 6) is -0.422. The molecule has 1 fully saturated rings. The highest BCUT2D eigenvalue weighted by Gasteiger charge is 2.30. The van der Waals surface area contributed by atoms with Crippen molar-refractivity contribution in [2.24, 2.45) is 11.5 Å². The predicted octanol–water partition coefficient (Wildman–Crippen LogP) is -0.0773. The first-order valence-corrected chi connectivity index (χ1v) is 4.49. The second kappa shape index (κ2) is 4.39. The van der Waals surface area contributed by atoms with Crippen LogP contribution >= 0.6 is 0 Å². The zero-order valence-electron chi connectivity index (χ0n) is 7.61. The maximum absolute atomic E-state index is 10.9. The topological polar surface area (TPSA) is 78.3 Å². The van der Waals surface area contributed by atoms with Gasteiger partial charge >= 0.3 is 5.97 Å². The Morgan fingerprint density at radius 2 is 2.15 bits per heavy atom. The summed E-state index contributed by atoms with van der Waals surface area (Å²) in [7, 11) is 0. The minimum Gasteiger partial charge on any atom is -0.458 e. The fourth-order valence-corrected chi connectivity index (χ4v) is 1.55. The van der Waals surface area contributed by atoms with Crippen LogP contribution in [0.25, 0.3) is 0 Å². The van der Waals surface area contributed by atoms with Crippen molar-refractivity contribution in [1.29, 1.82) is 0 Å². The van der Waals surface area contributed by atoms with Crippen molar-refractivity contribution in [1.82, 2.24) is 0 Å². The van der Waals surface area contributed by atoms with Gasteiger partial charge in [0.1, 0.15) is 6.10 Å². The summed E-state index contributed by atoms with van der Waals surface area (Å²) in [6.07, 6.45) is 3.57. The zero-order chi connectivity index (χ0) is 9.84. The highest BCUT2D eigenvalue weighted by atomic mass is 16.5. The molecule has 0 aromatic carbocycles. The maximum Gasteiger partial charge on any atom is 0.330 e. The van der Waals surface area contributed by atoms with Gasteiger partial charge in [-0.15, -0.1) is 0 Å². The number of hydrogen-bond acceptors (Lipinski definition) is 4. The van der Waals surface area contributed by atoms with Crippen molar-refractivity contribution in [2.75, 3.05) is 0 Å². The molecule has 4 N–H and O–H groups in total. The molecule has 0 radical (unpaired) electrons. The lowest BCUT2D eigenvalue weighted by Gasteiger charge is -2.32. The average molecular weight is 184 g/mol. The van der Waals surface area contributed by atoms with Gasteiger partial charge in [0, 0.05) is 12.1 Å². The molecule has 0 spiro atoms. The van der Waals surface area contributed by atoms with Crippen LogP contribution in [0.3, 0.4) is 0 Å². The van der Waals surface area contributed by atoms with Crippen molar-refractivity contribution in [3.05, 3.63) is 12.7 Å². The summed E-state index contributed by atoms with van der Waals surface area (Å²) in [6.45, 7) is 3.32. The molecule has 13 heavy (non-hydrogen) atoms. The van der Waals surface area contributed by atoms with Crippen LogP contribution in [0.1, 0.15) is 19.3 Å². The normalized spacial score (nSPS) is 33.8. The number of nitrogens with two attached hydrogens (primary N) is 2. The van der Waals surface area contributed by atoms with Crippen LogP contribution in [0.5, 0.6) is 0 Å². The lowest BCUT2D eigenvalue weighted by atomic mass is 9.89. The lowest BCUT2D eigenvalue weighted by molar-refractivity contribution is -0.145. The van der Waals surface area contributed by atoms with E-state index in [1.807, 2.05) is 0 Å². The van der Waals surface area contributed by atoms with Crippen LogP contribution in [0.4, 0.5) is 0 Å². The number of carbonyl (C=O) groups is 1. The summed E-state index contributed by atoms with van der Waals surface area (Å²) in [6, 6.07) is -0.297. The molecular formula is C9H16N2O2. The van der Waals surface area contributed by atoms with Crippen molar-refractivity contribution < 1.29 is 9.53 Å². The van der Waals surface area contributed by atoms with E-state index < -0.39 is 5.97 Å². The van der Waals surface area contributed by atoms with Crippen LogP contribution in [0, 0.1) is 0 Å². The SMILES string of the molecule is C=CC(=O)OC1CCCC(N)C1N. The van der Waals surface area contributed by atoms with E-state index in [0.717, 1.165) is 25.3 Å². The van der Waals surface area contributed by atoms with Crippen LogP contribution in [0.15, 0.2) is 12.7 Å². The van der Waals surface area contributed by atoms with Gasteiger partial charge in [0.25, 0.3) is 0 Å². The Balaban J connectivity index is 2.48. The number of hydrogen-bond donors (Lipinski definition) is 2. The van der Waals surface area contributed by atoms with Crippen molar-refractivity contribution in [2.45, 2.75) is 37.5 Å². The fourth-order valence-electron chi connectivity index (χ4n) is 1.55. The second-order valence-electron chi connectivity index (χ2n) is 3.35. The van der Waals surface area contributed by atoms with Gasteiger partial charge in [-0.05, 0) is 19.3 Å². The standard InChI is InChI=1S/C9H16N2O2/c1-2-8(12)13-7-5-3-4-6(10)9(7)11/h2,6-7,9H,1,3-5,10-11H2. The van der Waals surface area contributed by atoms with Gasteiger partial charge in [0.05, 0.1) is 6.04 Å². The monoisotopic (exact) mass is 184 g/mol. The van der Waals surface area contributed by atoms with Gasteiger partial charge in [0.15, 0.2) is 0 Å². The highest BCUT2D eigenvalue weighted by molar-refractivity contribution is 5.81. The molecule has 3 atom stereocenters. The largest absolute Gasteiger partial charge is 0.458 e. The number of rotatable bonds is 2. The summed E-state index contributed by atoms with van der Waals surface area (Å²) in [5, 5.41) is 0. The van der Waals surface area contributed by atoms with E-state index in [1.54, 1.807) is 0 Å². The van der Waals surface area contributed by atoms with Gasteiger partial charge in [-0.25, -0.2) is 4.79 Å². The Kier molecular flexibility index (Phi) is 3.45. The first-order chi connectivity index (χ1) is 6.15. The van der Waals surface area contributed by atoms with Crippen molar-refractivity contribution >= 4 is 5.97 Å². The summed E-state index contributed by atoms with van der Waals surface area (Å²) in [4.78, 5) is 10.9. The van der Waals surface area contributed by atoms with E-state index in [0.29, 0.717) is 0 Å². The van der Waals surface area contributed by atoms with E-state index >= 15 is 0 Å². The summed E-state index contributed by atoms with van der Waals surface area (Å²) in [5.41, 5.74) is 11.5. The molecule has 1 aliphatic carbocycles. The zero-order valence-corrected chi connectivity index (χ0v) is 7.61. The predicted molar refractivity (Wildman–Crippen MR) is 49.9 cm³/mol. The van der Waals surface area contributed by atoms with E-state index in [-0.39, 0.29) is 18.2 Å². The Hall–Kier alpha value is -0.870. The Morgan fingerprint density at radius 3 is 2.77 bits per heavy atom. The van der Waals surface area contributed by atoms with E-state index in [1.165, 1.54) is 0 Å². The van der Waals surface area contributed by atoms with E-state index in [2.05, 4.69) is 6.58 Å². The Labute approximate surface area is 77.9 Å². The summed E-state index contributed by atoms with van der Waals surface area (Å²) >= 11 is 0. The number of esters is 1. The van der Waals surface area contributed by atoms with Crippen LogP contribution < -0.4 is 11.5 Å². The third kappa shape index (κ3) is 2.54. The molecule has 0 saturated heterocycles. The van der Waals surface area contributed by atoms with Gasteiger partial charge in [-0.2, -0.15) is 0 Å². The van der Waals surface area contributed by atoms with Crippen molar-refractivity contribution in [3.63, 3.8) is 0 Å². The molecular weight excluding hydrogens is 168 g/mol. The molecule has 0 aliphatic heterocycles. The fraction of sp³-hybridized carbons (Fsp3) is 0.667. The minimum atomic E-state index is -0.422. The minimum absolute atomic E-state index is 0.0589. The third-order valence-electron chi connectivity index (χ3n) is 2.38. The quantitative estimate of drug-likeness (QED) is 0.465. The molecule has 4 nitrogen and oxygen atoms in total. The first-order valence-electron chi connectivity index (χ1n) is 4.49. The average Bonchev–Trinajstić information content (AvgIpc) is 2.13. The van der Waals surface area contributed by atoms with Gasteiger partial charge < -0.3 is 16.2 Å². The first kappa shape index (κ1) is 10.2. The van der Waals surface area contributed by atoms with Crippen LogP contribution in [-0.4, -0.2) is 24.2 Å². The molecule has 74 valence electrons. The summed E-state index contributed by atoms with van der Waals surface area (Å²) < 4.78 is 5.06. The van der Waals surface area contributed by atoms with Crippen LogP contribution in [-0.2, 0) is 9.53 Å². The molecule has 4 heteroatoms. The molecule has 0 aromatic rings. The van der Waals surface area contributed by atoms with Crippen LogP contribution in [0.2, 0.25) is 0 Å². The Morgan fingerprint density at radius 1 is 1.46 bits per heavy atom. The highest BCUT2D eigenvalue weighted by Crippen LogP contribution is 2.19. The van der Waals surface area contributed by atoms with Gasteiger partial charge in [-0.1, -0.05) is 6.58 Å². The molecule has 0 heterocycles. The van der Waals surface area contributed by atoms with E-state index in [9.17, 15) is 4.79 Å².